The standard InChI is InChI=1S/C27H35ClN4O3/c1-35-24-12-5-4-7-20(24)13-14-29-26(33)25(21-8-2-3-9-21)31-15-17-32(18-16-31)27(34)30-23-11-6-10-22(28)19-23/h4-7,10-12,19,21,25H,2-3,8-9,13-18H2,1H3,(H,29,33)(H,30,34)/t25-/m0/s1. The Morgan fingerprint density at radius 2 is 1.80 bits per heavy atom. The number of methoxy groups -OCH3 is 1. The summed E-state index contributed by atoms with van der Waals surface area (Å²) in [6.45, 7) is 3.12. The lowest BCUT2D eigenvalue weighted by molar-refractivity contribution is -0.129. The average molecular weight is 499 g/mol. The number of para-hydroxylation sites is 1. The topological polar surface area (TPSA) is 73.9 Å². The Morgan fingerprint density at radius 3 is 2.51 bits per heavy atom. The van der Waals surface area contributed by atoms with Gasteiger partial charge >= 0.3 is 6.03 Å². The summed E-state index contributed by atoms with van der Waals surface area (Å²) in [5.41, 5.74) is 1.77. The predicted octanol–water partition coefficient (Wildman–Crippen LogP) is 4.42. The summed E-state index contributed by atoms with van der Waals surface area (Å²) in [6, 6.07) is 14.8. The molecule has 2 aromatic rings. The van der Waals surface area contributed by atoms with E-state index in [2.05, 4.69) is 15.5 Å². The highest BCUT2D eigenvalue weighted by atomic mass is 35.5. The third-order valence-corrected chi connectivity index (χ3v) is 7.31. The Labute approximate surface area is 212 Å². The zero-order chi connectivity index (χ0) is 24.6. The van der Waals surface area contributed by atoms with E-state index in [1.54, 1.807) is 19.2 Å². The van der Waals surface area contributed by atoms with Crippen LogP contribution in [0.25, 0.3) is 0 Å². The molecule has 35 heavy (non-hydrogen) atoms. The fourth-order valence-corrected chi connectivity index (χ4v) is 5.45. The van der Waals surface area contributed by atoms with Crippen molar-refractivity contribution in [2.75, 3.05) is 45.2 Å². The molecule has 2 fully saturated rings. The van der Waals surface area contributed by atoms with Crippen LogP contribution >= 0.6 is 11.6 Å². The van der Waals surface area contributed by atoms with Crippen LogP contribution in [0.15, 0.2) is 48.5 Å². The molecule has 0 unspecified atom stereocenters. The first-order chi connectivity index (χ1) is 17.0. The smallest absolute Gasteiger partial charge is 0.321 e. The summed E-state index contributed by atoms with van der Waals surface area (Å²) >= 11 is 6.03. The van der Waals surface area contributed by atoms with Crippen LogP contribution in [0, 0.1) is 5.92 Å². The number of nitrogens with zero attached hydrogens (tertiary/aromatic N) is 2. The van der Waals surface area contributed by atoms with E-state index >= 15 is 0 Å². The van der Waals surface area contributed by atoms with Gasteiger partial charge in [0, 0.05) is 43.4 Å². The zero-order valence-electron chi connectivity index (χ0n) is 20.3. The molecular formula is C27H35ClN4O3. The van der Waals surface area contributed by atoms with Crippen LogP contribution in [0.4, 0.5) is 10.5 Å². The Kier molecular flexibility index (Phi) is 8.88. The summed E-state index contributed by atoms with van der Waals surface area (Å²) in [7, 11) is 1.67. The number of rotatable bonds is 8. The van der Waals surface area contributed by atoms with E-state index < -0.39 is 0 Å². The fourth-order valence-electron chi connectivity index (χ4n) is 5.26. The van der Waals surface area contributed by atoms with Gasteiger partial charge in [0.2, 0.25) is 5.91 Å². The number of halogens is 1. The summed E-state index contributed by atoms with van der Waals surface area (Å²) in [5.74, 6) is 1.32. The number of carbonyl (C=O) groups is 2. The maximum Gasteiger partial charge on any atom is 0.321 e. The van der Waals surface area contributed by atoms with E-state index in [9.17, 15) is 9.59 Å². The molecule has 1 atom stereocenters. The molecule has 0 bridgehead atoms. The second kappa shape index (κ2) is 12.3. The minimum absolute atomic E-state index is 0.101. The lowest BCUT2D eigenvalue weighted by Crippen LogP contribution is -2.58. The number of nitrogens with one attached hydrogen (secondary N) is 2. The van der Waals surface area contributed by atoms with Gasteiger partial charge in [-0.25, -0.2) is 4.79 Å². The molecule has 7 nitrogen and oxygen atoms in total. The number of anilines is 1. The minimum atomic E-state index is -0.145. The Hall–Kier alpha value is -2.77. The highest BCUT2D eigenvalue weighted by Gasteiger charge is 2.37. The van der Waals surface area contributed by atoms with Gasteiger partial charge in [-0.2, -0.15) is 0 Å². The lowest BCUT2D eigenvalue weighted by Gasteiger charge is -2.40. The molecule has 1 aliphatic heterocycles. The van der Waals surface area contributed by atoms with E-state index in [0.717, 1.165) is 30.6 Å². The van der Waals surface area contributed by atoms with Gasteiger partial charge in [0.1, 0.15) is 5.75 Å². The molecule has 2 N–H and O–H groups in total. The summed E-state index contributed by atoms with van der Waals surface area (Å²) in [5, 5.41) is 6.70. The van der Waals surface area contributed by atoms with Crippen molar-refractivity contribution in [1.29, 1.82) is 0 Å². The molecule has 1 saturated heterocycles. The molecule has 1 aliphatic carbocycles. The molecule has 2 aliphatic rings. The number of carbonyl (C=O) groups excluding carboxylic acids is 2. The van der Waals surface area contributed by atoms with Gasteiger partial charge in [-0.15, -0.1) is 0 Å². The molecule has 0 radical (unpaired) electrons. The molecule has 2 aromatic carbocycles. The van der Waals surface area contributed by atoms with Crippen LogP contribution in [0.3, 0.4) is 0 Å². The SMILES string of the molecule is COc1ccccc1CCNC(=O)[C@H](C1CCCC1)N1CCN(C(=O)Nc2cccc(Cl)c2)CC1. The van der Waals surface area contributed by atoms with Gasteiger partial charge < -0.3 is 20.3 Å². The van der Waals surface area contributed by atoms with Crippen molar-refractivity contribution in [3.8, 4) is 5.75 Å². The van der Waals surface area contributed by atoms with Gasteiger partial charge in [0.05, 0.1) is 13.2 Å². The van der Waals surface area contributed by atoms with E-state index in [-0.39, 0.29) is 18.0 Å². The van der Waals surface area contributed by atoms with Gasteiger partial charge in [-0.1, -0.05) is 48.7 Å². The van der Waals surface area contributed by atoms with E-state index in [1.165, 1.54) is 12.8 Å². The van der Waals surface area contributed by atoms with Crippen molar-refractivity contribution >= 4 is 29.2 Å². The Bertz CT molecular complexity index is 1000. The average Bonchev–Trinajstić information content (AvgIpc) is 3.39. The molecule has 0 spiro atoms. The van der Waals surface area contributed by atoms with Crippen LogP contribution in [0.2, 0.25) is 5.02 Å². The quantitative estimate of drug-likeness (QED) is 0.565. The number of amides is 3. The molecule has 3 amide bonds. The number of hydrogen-bond acceptors (Lipinski definition) is 4. The third kappa shape index (κ3) is 6.67. The van der Waals surface area contributed by atoms with Crippen LogP contribution < -0.4 is 15.4 Å². The monoisotopic (exact) mass is 498 g/mol. The lowest BCUT2D eigenvalue weighted by atomic mass is 9.95. The normalized spacial score (nSPS) is 17.7. The zero-order valence-corrected chi connectivity index (χ0v) is 21.1. The molecule has 188 valence electrons. The number of ether oxygens (including phenoxy) is 1. The molecule has 4 rings (SSSR count). The van der Waals surface area contributed by atoms with Crippen molar-refractivity contribution in [2.24, 2.45) is 5.92 Å². The van der Waals surface area contributed by atoms with E-state index in [0.29, 0.717) is 49.4 Å². The molecule has 1 heterocycles. The largest absolute Gasteiger partial charge is 0.496 e. The van der Waals surface area contributed by atoms with E-state index in [4.69, 9.17) is 16.3 Å². The highest BCUT2D eigenvalue weighted by Crippen LogP contribution is 2.31. The first-order valence-corrected chi connectivity index (χ1v) is 12.9. The maximum atomic E-state index is 13.4. The maximum absolute atomic E-state index is 13.4. The van der Waals surface area contributed by atoms with Gasteiger partial charge in [-0.3, -0.25) is 9.69 Å². The van der Waals surface area contributed by atoms with Crippen LogP contribution in [-0.4, -0.2) is 67.6 Å². The second-order valence-corrected chi connectivity index (χ2v) is 9.74. The number of benzene rings is 2. The van der Waals surface area contributed by atoms with Crippen molar-refractivity contribution in [3.05, 3.63) is 59.1 Å². The van der Waals surface area contributed by atoms with Crippen molar-refractivity contribution in [3.63, 3.8) is 0 Å². The summed E-state index contributed by atoms with van der Waals surface area (Å²) in [6.07, 6.45) is 5.25. The summed E-state index contributed by atoms with van der Waals surface area (Å²) in [4.78, 5) is 30.2. The van der Waals surface area contributed by atoms with Gasteiger partial charge in [0.15, 0.2) is 0 Å². The molecular weight excluding hydrogens is 464 g/mol. The van der Waals surface area contributed by atoms with Crippen molar-refractivity contribution in [1.82, 2.24) is 15.1 Å². The third-order valence-electron chi connectivity index (χ3n) is 7.07. The fraction of sp³-hybridized carbons (Fsp3) is 0.481. The highest BCUT2D eigenvalue weighted by molar-refractivity contribution is 6.30. The predicted molar refractivity (Wildman–Crippen MR) is 139 cm³/mol. The first-order valence-electron chi connectivity index (χ1n) is 12.5. The van der Waals surface area contributed by atoms with E-state index in [1.807, 2.05) is 41.3 Å². The van der Waals surface area contributed by atoms with Crippen molar-refractivity contribution in [2.45, 2.75) is 38.1 Å². The summed E-state index contributed by atoms with van der Waals surface area (Å²) < 4.78 is 5.43. The molecule has 8 heteroatoms. The van der Waals surface area contributed by atoms with Gasteiger partial charge in [-0.05, 0) is 55.0 Å². The Balaban J connectivity index is 1.32. The number of hydrogen-bond donors (Lipinski definition) is 2. The van der Waals surface area contributed by atoms with Gasteiger partial charge in [0.25, 0.3) is 0 Å². The van der Waals surface area contributed by atoms with Crippen LogP contribution in [-0.2, 0) is 11.2 Å². The number of urea groups is 1. The molecule has 0 aromatic heterocycles. The Morgan fingerprint density at radius 1 is 1.06 bits per heavy atom. The van der Waals surface area contributed by atoms with Crippen molar-refractivity contribution < 1.29 is 14.3 Å². The van der Waals surface area contributed by atoms with Crippen LogP contribution in [0.5, 0.6) is 5.75 Å². The van der Waals surface area contributed by atoms with Crippen LogP contribution in [0.1, 0.15) is 31.2 Å². The second-order valence-electron chi connectivity index (χ2n) is 9.31. The minimum Gasteiger partial charge on any atom is -0.496 e. The number of piperazine rings is 1. The first kappa shape index (κ1) is 25.3. The molecule has 1 saturated carbocycles.